The van der Waals surface area contributed by atoms with Gasteiger partial charge in [0.2, 0.25) is 0 Å². The van der Waals surface area contributed by atoms with Gasteiger partial charge in [0.1, 0.15) is 0 Å². The second kappa shape index (κ2) is 3.36. The number of hydrogen-bond acceptors (Lipinski definition) is 2. The fraction of sp³-hybridized carbons (Fsp3) is 0.545. The maximum Gasteiger partial charge on any atom is 0.0480 e. The Bertz CT molecular complexity index is 297. The maximum absolute atomic E-state index is 5.79. The minimum atomic E-state index is 0.0826. The molecule has 0 aliphatic rings. The third-order valence-corrected chi connectivity index (χ3v) is 2.03. The van der Waals surface area contributed by atoms with Gasteiger partial charge in [-0.2, -0.15) is 0 Å². The number of rotatable bonds is 1. The minimum Gasteiger partial charge on any atom is -0.399 e. The predicted molar refractivity (Wildman–Crippen MR) is 56.7 cm³/mol. The third kappa shape index (κ3) is 2.44. The van der Waals surface area contributed by atoms with E-state index in [4.69, 9.17) is 5.73 Å². The highest BCUT2D eigenvalue weighted by Gasteiger charge is 2.16. The quantitative estimate of drug-likeness (QED) is 0.717. The Morgan fingerprint density at radius 2 is 1.92 bits per heavy atom. The van der Waals surface area contributed by atoms with Gasteiger partial charge in [-0.1, -0.05) is 27.7 Å². The van der Waals surface area contributed by atoms with Gasteiger partial charge in [0.15, 0.2) is 0 Å². The first-order chi connectivity index (χ1) is 5.93. The summed E-state index contributed by atoms with van der Waals surface area (Å²) in [5.74, 6) is 0. The predicted octanol–water partition coefficient (Wildman–Crippen LogP) is 2.52. The average Bonchev–Trinajstić information content (AvgIpc) is 2.01. The van der Waals surface area contributed by atoms with Crippen LogP contribution in [0.5, 0.6) is 0 Å². The van der Waals surface area contributed by atoms with Crippen LogP contribution in [0.4, 0.5) is 5.69 Å². The SMILES string of the molecule is CCc1cc(N)cc(C(C)(C)C)n1. The van der Waals surface area contributed by atoms with Crippen molar-refractivity contribution in [3.63, 3.8) is 0 Å². The molecule has 2 nitrogen and oxygen atoms in total. The van der Waals surface area contributed by atoms with Gasteiger partial charge in [0.05, 0.1) is 0 Å². The van der Waals surface area contributed by atoms with Crippen molar-refractivity contribution in [3.8, 4) is 0 Å². The van der Waals surface area contributed by atoms with Crippen molar-refractivity contribution in [2.24, 2.45) is 0 Å². The summed E-state index contributed by atoms with van der Waals surface area (Å²) in [7, 11) is 0. The van der Waals surface area contributed by atoms with Crippen LogP contribution in [0.3, 0.4) is 0 Å². The minimum absolute atomic E-state index is 0.0826. The molecule has 72 valence electrons. The van der Waals surface area contributed by atoms with E-state index in [-0.39, 0.29) is 5.41 Å². The summed E-state index contributed by atoms with van der Waals surface area (Å²) in [6.07, 6.45) is 0.939. The monoisotopic (exact) mass is 178 g/mol. The number of aromatic nitrogens is 1. The smallest absolute Gasteiger partial charge is 0.0480 e. The average molecular weight is 178 g/mol. The van der Waals surface area contributed by atoms with Gasteiger partial charge in [-0.15, -0.1) is 0 Å². The molecule has 1 heterocycles. The molecule has 0 atom stereocenters. The van der Waals surface area contributed by atoms with Gasteiger partial charge in [-0.25, -0.2) is 0 Å². The molecule has 1 rings (SSSR count). The maximum atomic E-state index is 5.79. The standard InChI is InChI=1S/C11H18N2/c1-5-9-6-8(12)7-10(13-9)11(2,3)4/h6-7H,5H2,1-4H3,(H2,12,13). The molecular weight excluding hydrogens is 160 g/mol. The fourth-order valence-corrected chi connectivity index (χ4v) is 1.18. The number of pyridine rings is 1. The van der Waals surface area contributed by atoms with Crippen molar-refractivity contribution in [3.05, 3.63) is 23.5 Å². The van der Waals surface area contributed by atoms with E-state index in [1.807, 2.05) is 12.1 Å². The van der Waals surface area contributed by atoms with Crippen molar-refractivity contribution in [1.82, 2.24) is 4.98 Å². The Balaban J connectivity index is 3.16. The first kappa shape index (κ1) is 10.0. The second-order valence-corrected chi connectivity index (χ2v) is 4.38. The van der Waals surface area contributed by atoms with Gasteiger partial charge in [0, 0.05) is 22.5 Å². The molecule has 1 aromatic rings. The van der Waals surface area contributed by atoms with E-state index in [2.05, 4.69) is 32.7 Å². The van der Waals surface area contributed by atoms with Crippen LogP contribution >= 0.6 is 0 Å². The largest absolute Gasteiger partial charge is 0.399 e. The molecule has 2 heteroatoms. The van der Waals surface area contributed by atoms with Crippen molar-refractivity contribution >= 4 is 5.69 Å². The summed E-state index contributed by atoms with van der Waals surface area (Å²) in [5.41, 5.74) is 8.84. The Kier molecular flexibility index (Phi) is 2.60. The molecule has 1 aromatic heterocycles. The zero-order chi connectivity index (χ0) is 10.1. The summed E-state index contributed by atoms with van der Waals surface area (Å²) in [6.45, 7) is 8.53. The Labute approximate surface area is 80.2 Å². The van der Waals surface area contributed by atoms with Gasteiger partial charge in [0.25, 0.3) is 0 Å². The van der Waals surface area contributed by atoms with Crippen LogP contribution < -0.4 is 5.73 Å². The van der Waals surface area contributed by atoms with E-state index >= 15 is 0 Å². The lowest BCUT2D eigenvalue weighted by Gasteiger charge is -2.18. The topological polar surface area (TPSA) is 38.9 Å². The summed E-state index contributed by atoms with van der Waals surface area (Å²) < 4.78 is 0. The first-order valence-electron chi connectivity index (χ1n) is 4.70. The molecule has 0 aliphatic heterocycles. The van der Waals surface area contributed by atoms with Crippen LogP contribution in [0.25, 0.3) is 0 Å². The summed E-state index contributed by atoms with van der Waals surface area (Å²) in [4.78, 5) is 4.54. The van der Waals surface area contributed by atoms with Gasteiger partial charge >= 0.3 is 0 Å². The molecule has 0 aliphatic carbocycles. The van der Waals surface area contributed by atoms with Crippen molar-refractivity contribution < 1.29 is 0 Å². The van der Waals surface area contributed by atoms with Crippen LogP contribution in [0.15, 0.2) is 12.1 Å². The summed E-state index contributed by atoms with van der Waals surface area (Å²) in [5, 5.41) is 0. The van der Waals surface area contributed by atoms with Crippen molar-refractivity contribution in [2.75, 3.05) is 5.73 Å². The highest BCUT2D eigenvalue weighted by atomic mass is 14.7. The fourth-order valence-electron chi connectivity index (χ4n) is 1.18. The van der Waals surface area contributed by atoms with Gasteiger partial charge < -0.3 is 5.73 Å². The van der Waals surface area contributed by atoms with Crippen LogP contribution in [0, 0.1) is 0 Å². The molecule has 0 fully saturated rings. The van der Waals surface area contributed by atoms with E-state index in [0.717, 1.165) is 23.5 Å². The number of aryl methyl sites for hydroxylation is 1. The molecule has 0 radical (unpaired) electrons. The molecule has 0 spiro atoms. The molecular formula is C11H18N2. The molecule has 2 N–H and O–H groups in total. The van der Waals surface area contributed by atoms with Crippen LogP contribution in [-0.4, -0.2) is 4.98 Å². The number of anilines is 1. The molecule has 0 bridgehead atoms. The Morgan fingerprint density at radius 3 is 2.38 bits per heavy atom. The molecule has 0 saturated carbocycles. The van der Waals surface area contributed by atoms with Gasteiger partial charge in [-0.3, -0.25) is 4.98 Å². The molecule has 0 unspecified atom stereocenters. The summed E-state index contributed by atoms with van der Waals surface area (Å²) >= 11 is 0. The van der Waals surface area contributed by atoms with Crippen LogP contribution in [0.2, 0.25) is 0 Å². The number of nitrogen functional groups attached to an aromatic ring is 1. The van der Waals surface area contributed by atoms with E-state index in [1.54, 1.807) is 0 Å². The van der Waals surface area contributed by atoms with E-state index < -0.39 is 0 Å². The zero-order valence-corrected chi connectivity index (χ0v) is 8.89. The normalized spacial score (nSPS) is 11.7. The third-order valence-electron chi connectivity index (χ3n) is 2.03. The highest BCUT2D eigenvalue weighted by molar-refractivity contribution is 5.41. The number of hydrogen-bond donors (Lipinski definition) is 1. The lowest BCUT2D eigenvalue weighted by Crippen LogP contribution is -2.15. The van der Waals surface area contributed by atoms with Crippen LogP contribution in [0.1, 0.15) is 39.1 Å². The van der Waals surface area contributed by atoms with E-state index in [1.165, 1.54) is 0 Å². The molecule has 0 aromatic carbocycles. The molecule has 13 heavy (non-hydrogen) atoms. The van der Waals surface area contributed by atoms with Crippen LogP contribution in [-0.2, 0) is 11.8 Å². The number of nitrogens with two attached hydrogens (primary N) is 1. The zero-order valence-electron chi connectivity index (χ0n) is 8.89. The Hall–Kier alpha value is -1.05. The van der Waals surface area contributed by atoms with E-state index in [9.17, 15) is 0 Å². The molecule has 0 amide bonds. The van der Waals surface area contributed by atoms with Gasteiger partial charge in [-0.05, 0) is 18.6 Å². The second-order valence-electron chi connectivity index (χ2n) is 4.38. The lowest BCUT2D eigenvalue weighted by molar-refractivity contribution is 0.566. The Morgan fingerprint density at radius 1 is 1.31 bits per heavy atom. The first-order valence-corrected chi connectivity index (χ1v) is 4.70. The summed E-state index contributed by atoms with van der Waals surface area (Å²) in [6, 6.07) is 3.90. The number of nitrogens with zero attached hydrogens (tertiary/aromatic N) is 1. The van der Waals surface area contributed by atoms with Crippen molar-refractivity contribution in [1.29, 1.82) is 0 Å². The highest BCUT2D eigenvalue weighted by Crippen LogP contribution is 2.22. The lowest BCUT2D eigenvalue weighted by atomic mass is 9.91. The molecule has 0 saturated heterocycles. The van der Waals surface area contributed by atoms with Crippen molar-refractivity contribution in [2.45, 2.75) is 39.5 Å². The van der Waals surface area contributed by atoms with E-state index in [0.29, 0.717) is 0 Å².